The van der Waals surface area contributed by atoms with Crippen LogP contribution in [0.1, 0.15) is 11.3 Å². The lowest BCUT2D eigenvalue weighted by Crippen LogP contribution is -2.16. The molecule has 0 fully saturated rings. The minimum atomic E-state index is -4.16. The van der Waals surface area contributed by atoms with Crippen molar-refractivity contribution in [2.24, 2.45) is 0 Å². The van der Waals surface area contributed by atoms with Crippen LogP contribution in [-0.4, -0.2) is 30.1 Å². The summed E-state index contributed by atoms with van der Waals surface area (Å²) in [6.07, 6.45) is 0.265. The van der Waals surface area contributed by atoms with Crippen LogP contribution in [0.2, 0.25) is 0 Å². The van der Waals surface area contributed by atoms with Crippen LogP contribution in [0.25, 0.3) is 11.0 Å². The smallest absolute Gasteiger partial charge is 0.270 e. The number of sulfonamides is 1. The van der Waals surface area contributed by atoms with Crippen molar-refractivity contribution in [2.75, 3.05) is 11.5 Å². The van der Waals surface area contributed by atoms with E-state index in [9.17, 15) is 18.5 Å². The van der Waals surface area contributed by atoms with Gasteiger partial charge >= 0.3 is 0 Å². The van der Waals surface area contributed by atoms with Crippen molar-refractivity contribution in [3.63, 3.8) is 0 Å². The zero-order chi connectivity index (χ0) is 23.0. The van der Waals surface area contributed by atoms with Gasteiger partial charge in [-0.05, 0) is 35.9 Å². The fraction of sp³-hybridized carbons (Fsp3) is 0.0909. The maximum atomic E-state index is 13.0. The molecular formula is C22H16N4O6S. The van der Waals surface area contributed by atoms with Gasteiger partial charge in [0.1, 0.15) is 0 Å². The number of aromatic nitrogens is 2. The molecule has 5 rings (SSSR count). The molecule has 1 aliphatic rings. The molecular weight excluding hydrogens is 448 g/mol. The van der Waals surface area contributed by atoms with Gasteiger partial charge in [0, 0.05) is 18.6 Å². The van der Waals surface area contributed by atoms with Crippen LogP contribution in [0.5, 0.6) is 11.5 Å². The Hall–Kier alpha value is -4.25. The zero-order valence-electron chi connectivity index (χ0n) is 17.0. The highest BCUT2D eigenvalue weighted by Crippen LogP contribution is 2.33. The van der Waals surface area contributed by atoms with E-state index < -0.39 is 14.9 Å². The quantitative estimate of drug-likeness (QED) is 0.338. The number of hydrogen-bond acceptors (Lipinski definition) is 8. The number of non-ortho nitro benzene ring substituents is 1. The average Bonchev–Trinajstić information content (AvgIpc) is 3.27. The van der Waals surface area contributed by atoms with Gasteiger partial charge in [0.15, 0.2) is 17.3 Å². The maximum Gasteiger partial charge on any atom is 0.270 e. The Balaban J connectivity index is 1.55. The molecule has 166 valence electrons. The van der Waals surface area contributed by atoms with Crippen LogP contribution in [0.3, 0.4) is 0 Å². The number of rotatable bonds is 6. The van der Waals surface area contributed by atoms with Gasteiger partial charge in [-0.2, -0.15) is 0 Å². The van der Waals surface area contributed by atoms with E-state index in [4.69, 9.17) is 9.47 Å². The lowest BCUT2D eigenvalue weighted by Gasteiger charge is -2.13. The van der Waals surface area contributed by atoms with E-state index >= 15 is 0 Å². The van der Waals surface area contributed by atoms with Crippen molar-refractivity contribution < 1.29 is 22.8 Å². The second kappa shape index (κ2) is 8.02. The molecule has 4 aromatic rings. The molecule has 0 saturated heterocycles. The van der Waals surface area contributed by atoms with Crippen LogP contribution in [0, 0.1) is 10.1 Å². The third-order valence-corrected chi connectivity index (χ3v) is 6.36. The summed E-state index contributed by atoms with van der Waals surface area (Å²) in [5.74, 6) is 1.27. The summed E-state index contributed by atoms with van der Waals surface area (Å²) in [7, 11) is -4.16. The summed E-state index contributed by atoms with van der Waals surface area (Å²) >= 11 is 0. The number of hydrogen-bond donors (Lipinski definition) is 1. The lowest BCUT2D eigenvalue weighted by atomic mass is 10.1. The largest absolute Gasteiger partial charge is 0.454 e. The minimum Gasteiger partial charge on any atom is -0.454 e. The Bertz CT molecular complexity index is 1510. The van der Waals surface area contributed by atoms with E-state index in [0.717, 1.165) is 11.6 Å². The van der Waals surface area contributed by atoms with Crippen molar-refractivity contribution >= 4 is 32.6 Å². The fourth-order valence-corrected chi connectivity index (χ4v) is 4.51. The topological polar surface area (TPSA) is 134 Å². The van der Waals surface area contributed by atoms with E-state index in [1.165, 1.54) is 18.2 Å². The molecule has 33 heavy (non-hydrogen) atoms. The highest BCUT2D eigenvalue weighted by atomic mass is 32.2. The summed E-state index contributed by atoms with van der Waals surface area (Å²) in [5, 5.41) is 11.1. The molecule has 1 N–H and O–H groups in total. The molecule has 0 unspecified atom stereocenters. The third-order valence-electron chi connectivity index (χ3n) is 5.02. The number of nitrogens with one attached hydrogen (secondary N) is 1. The van der Waals surface area contributed by atoms with Crippen molar-refractivity contribution in [1.29, 1.82) is 0 Å². The van der Waals surface area contributed by atoms with Crippen LogP contribution >= 0.6 is 0 Å². The third kappa shape index (κ3) is 4.13. The van der Waals surface area contributed by atoms with Crippen molar-refractivity contribution in [2.45, 2.75) is 11.3 Å². The number of para-hydroxylation sites is 2. The summed E-state index contributed by atoms with van der Waals surface area (Å²) in [6.45, 7) is 0.142. The summed E-state index contributed by atoms with van der Waals surface area (Å²) in [4.78, 5) is 19.3. The minimum absolute atomic E-state index is 0.0397. The highest BCUT2D eigenvalue weighted by molar-refractivity contribution is 7.92. The SMILES string of the molecule is O=[N+]([O-])c1cccc(S(=O)(=O)Nc2nc3ccccc3nc2Cc2ccc3c(c2)OCO3)c1. The predicted molar refractivity (Wildman–Crippen MR) is 119 cm³/mol. The number of nitro groups is 1. The van der Waals surface area contributed by atoms with Crippen LogP contribution in [0.15, 0.2) is 71.6 Å². The second-order valence-electron chi connectivity index (χ2n) is 7.23. The Morgan fingerprint density at radius 2 is 1.70 bits per heavy atom. The van der Waals surface area contributed by atoms with E-state index in [2.05, 4.69) is 14.7 Å². The van der Waals surface area contributed by atoms with Gasteiger partial charge in [-0.25, -0.2) is 18.4 Å². The van der Waals surface area contributed by atoms with E-state index in [1.54, 1.807) is 30.3 Å². The van der Waals surface area contributed by atoms with Gasteiger partial charge in [-0.1, -0.05) is 24.3 Å². The molecule has 2 heterocycles. The molecule has 3 aromatic carbocycles. The van der Waals surface area contributed by atoms with Crippen molar-refractivity contribution in [1.82, 2.24) is 9.97 Å². The molecule has 10 nitrogen and oxygen atoms in total. The average molecular weight is 464 g/mol. The maximum absolute atomic E-state index is 13.0. The summed E-state index contributed by atoms with van der Waals surface area (Å²) < 4.78 is 39.3. The number of anilines is 1. The first kappa shape index (κ1) is 20.6. The molecule has 11 heteroatoms. The molecule has 0 atom stereocenters. The van der Waals surface area contributed by atoms with E-state index in [1.807, 2.05) is 12.1 Å². The fourth-order valence-electron chi connectivity index (χ4n) is 3.44. The number of nitrogens with zero attached hydrogens (tertiary/aromatic N) is 3. The van der Waals surface area contributed by atoms with E-state index in [0.29, 0.717) is 28.2 Å². The first-order valence-electron chi connectivity index (χ1n) is 9.80. The lowest BCUT2D eigenvalue weighted by molar-refractivity contribution is -0.385. The number of benzene rings is 3. The van der Waals surface area contributed by atoms with Crippen molar-refractivity contribution in [3.05, 3.63) is 88.1 Å². The van der Waals surface area contributed by atoms with Gasteiger partial charge in [0.05, 0.1) is 26.5 Å². The molecule has 0 bridgehead atoms. The second-order valence-corrected chi connectivity index (χ2v) is 8.91. The first-order valence-corrected chi connectivity index (χ1v) is 11.3. The zero-order valence-corrected chi connectivity index (χ0v) is 17.8. The molecule has 0 aliphatic carbocycles. The first-order chi connectivity index (χ1) is 15.9. The molecule has 0 amide bonds. The van der Waals surface area contributed by atoms with Gasteiger partial charge in [0.2, 0.25) is 6.79 Å². The Morgan fingerprint density at radius 3 is 2.48 bits per heavy atom. The monoisotopic (exact) mass is 464 g/mol. The van der Waals surface area contributed by atoms with Crippen LogP contribution in [-0.2, 0) is 16.4 Å². The molecule has 1 aliphatic heterocycles. The van der Waals surface area contributed by atoms with Gasteiger partial charge in [-0.3, -0.25) is 14.8 Å². The van der Waals surface area contributed by atoms with Crippen LogP contribution in [0.4, 0.5) is 11.5 Å². The Morgan fingerprint density at radius 1 is 0.939 bits per heavy atom. The Labute approximate surface area is 188 Å². The van der Waals surface area contributed by atoms with Crippen molar-refractivity contribution in [3.8, 4) is 11.5 Å². The number of ether oxygens (including phenoxy) is 2. The van der Waals surface area contributed by atoms with Gasteiger partial charge in [-0.15, -0.1) is 0 Å². The highest BCUT2D eigenvalue weighted by Gasteiger charge is 2.22. The Kier molecular flexibility index (Phi) is 5.02. The number of nitro benzene ring substituents is 1. The molecule has 0 saturated carbocycles. The normalized spacial score (nSPS) is 12.6. The summed E-state index contributed by atoms with van der Waals surface area (Å²) in [6, 6.07) is 17.3. The van der Waals surface area contributed by atoms with Crippen LogP contribution < -0.4 is 14.2 Å². The van der Waals surface area contributed by atoms with Gasteiger partial charge in [0.25, 0.3) is 15.7 Å². The standard InChI is InChI=1S/C22H16N4O6S/c27-26(28)15-4-3-5-16(12-15)33(29,30)25-22-19(23-17-6-1-2-7-18(17)24-22)10-14-8-9-20-21(11-14)32-13-31-20/h1-9,11-12H,10,13H2,(H,24,25). The van der Waals surface area contributed by atoms with E-state index in [-0.39, 0.29) is 29.6 Å². The molecule has 0 spiro atoms. The van der Waals surface area contributed by atoms with Gasteiger partial charge < -0.3 is 9.47 Å². The molecule has 0 radical (unpaired) electrons. The summed E-state index contributed by atoms with van der Waals surface area (Å²) in [5.41, 5.74) is 1.99. The number of fused-ring (bicyclic) bond motifs is 2. The molecule has 1 aromatic heterocycles. The predicted octanol–water partition coefficient (Wildman–Crippen LogP) is 3.66.